The molecule has 0 bridgehead atoms. The van der Waals surface area contributed by atoms with Gasteiger partial charge in [-0.3, -0.25) is 19.4 Å². The van der Waals surface area contributed by atoms with Crippen LogP contribution < -0.4 is 10.9 Å². The van der Waals surface area contributed by atoms with Crippen LogP contribution in [0.5, 0.6) is 0 Å². The summed E-state index contributed by atoms with van der Waals surface area (Å²) < 4.78 is 15.9. The summed E-state index contributed by atoms with van der Waals surface area (Å²) in [5, 5.41) is 5.03. The number of fused-ring (bicyclic) bond motifs is 1. The maximum absolute atomic E-state index is 14.3. The van der Waals surface area contributed by atoms with Gasteiger partial charge in [0.15, 0.2) is 0 Å². The van der Waals surface area contributed by atoms with Gasteiger partial charge in [-0.25, -0.2) is 4.39 Å². The van der Waals surface area contributed by atoms with E-state index < -0.39 is 11.1 Å². The minimum atomic E-state index is -0.651. The zero-order valence-corrected chi connectivity index (χ0v) is 14.1. The molecule has 1 aliphatic heterocycles. The zero-order valence-electron chi connectivity index (χ0n) is 12.5. The number of aromatic nitrogens is 2. The monoisotopic (exact) mass is 355 g/mol. The van der Waals surface area contributed by atoms with E-state index in [-0.39, 0.29) is 33.8 Å². The molecule has 2 heterocycles. The Morgan fingerprint density at radius 3 is 2.74 bits per heavy atom. The molecule has 0 saturated heterocycles. The van der Waals surface area contributed by atoms with Gasteiger partial charge in [0.1, 0.15) is 11.6 Å². The summed E-state index contributed by atoms with van der Waals surface area (Å²) in [7, 11) is 0. The number of nitrogens with zero attached hydrogens (tertiary/aromatic N) is 1. The molecular formula is C15H15ClFN3O2S. The standard InChI is InChI=1S/C15H15ClFN3O2S/c1-7(2)20-14-12(15(22)19-20)13(23-6-10(21)18-14)11-8(16)4-3-5-9(11)17/h3-5,7,13H,6H2,1-2H3,(H,18,21)(H,19,22)/t13-/m0/s1. The van der Waals surface area contributed by atoms with E-state index in [1.165, 1.54) is 23.9 Å². The van der Waals surface area contributed by atoms with E-state index in [4.69, 9.17) is 11.6 Å². The van der Waals surface area contributed by atoms with Crippen molar-refractivity contribution in [3.63, 3.8) is 0 Å². The van der Waals surface area contributed by atoms with Crippen LogP contribution in [0.4, 0.5) is 10.2 Å². The molecule has 0 radical (unpaired) electrons. The molecule has 0 unspecified atom stereocenters. The summed E-state index contributed by atoms with van der Waals surface area (Å²) in [5.41, 5.74) is 0.193. The zero-order chi connectivity index (χ0) is 16.7. The second-order valence-electron chi connectivity index (χ2n) is 5.54. The third-order valence-corrected chi connectivity index (χ3v) is 5.21. The number of H-pyrrole nitrogens is 1. The first-order valence-corrected chi connectivity index (χ1v) is 8.52. The highest BCUT2D eigenvalue weighted by Crippen LogP contribution is 2.43. The minimum absolute atomic E-state index is 0.0633. The highest BCUT2D eigenvalue weighted by atomic mass is 35.5. The van der Waals surface area contributed by atoms with Crippen molar-refractivity contribution in [2.75, 3.05) is 11.1 Å². The number of hydrogen-bond acceptors (Lipinski definition) is 3. The quantitative estimate of drug-likeness (QED) is 0.868. The average molecular weight is 356 g/mol. The van der Waals surface area contributed by atoms with Gasteiger partial charge in [0.25, 0.3) is 5.56 Å². The van der Waals surface area contributed by atoms with Gasteiger partial charge in [-0.2, -0.15) is 0 Å². The Hall–Kier alpha value is -1.73. The number of amides is 1. The van der Waals surface area contributed by atoms with Crippen molar-refractivity contribution >= 4 is 35.1 Å². The van der Waals surface area contributed by atoms with E-state index in [0.29, 0.717) is 11.4 Å². The molecule has 8 heteroatoms. The van der Waals surface area contributed by atoms with Gasteiger partial charge in [-0.15, -0.1) is 11.8 Å². The number of carbonyl (C=O) groups is 1. The molecule has 1 aromatic heterocycles. The fourth-order valence-electron chi connectivity index (χ4n) is 2.62. The van der Waals surface area contributed by atoms with Crippen LogP contribution in [0.25, 0.3) is 0 Å². The molecule has 0 aliphatic carbocycles. The van der Waals surface area contributed by atoms with Crippen molar-refractivity contribution in [3.05, 3.63) is 50.5 Å². The number of thioether (sulfide) groups is 1. The largest absolute Gasteiger partial charge is 0.310 e. The lowest BCUT2D eigenvalue weighted by Gasteiger charge is -2.16. The molecule has 2 N–H and O–H groups in total. The number of nitrogens with one attached hydrogen (secondary N) is 2. The van der Waals surface area contributed by atoms with Crippen LogP contribution in [0.15, 0.2) is 23.0 Å². The third kappa shape index (κ3) is 2.79. The van der Waals surface area contributed by atoms with Crippen LogP contribution >= 0.6 is 23.4 Å². The van der Waals surface area contributed by atoms with Crippen LogP contribution in [0.2, 0.25) is 5.02 Å². The van der Waals surface area contributed by atoms with Crippen LogP contribution in [0, 0.1) is 5.82 Å². The van der Waals surface area contributed by atoms with Gasteiger partial charge >= 0.3 is 0 Å². The lowest BCUT2D eigenvalue weighted by atomic mass is 10.1. The highest BCUT2D eigenvalue weighted by Gasteiger charge is 2.33. The number of aromatic amines is 1. The van der Waals surface area contributed by atoms with Crippen molar-refractivity contribution in [3.8, 4) is 0 Å². The second kappa shape index (κ2) is 6.05. The van der Waals surface area contributed by atoms with Crippen LogP contribution in [-0.2, 0) is 4.79 Å². The number of hydrogen-bond donors (Lipinski definition) is 2. The molecule has 23 heavy (non-hydrogen) atoms. The minimum Gasteiger partial charge on any atom is -0.310 e. The predicted octanol–water partition coefficient (Wildman–Crippen LogP) is 3.32. The van der Waals surface area contributed by atoms with Crippen molar-refractivity contribution in [1.82, 2.24) is 9.78 Å². The van der Waals surface area contributed by atoms with E-state index in [1.807, 2.05) is 13.8 Å². The van der Waals surface area contributed by atoms with Gasteiger partial charge < -0.3 is 5.32 Å². The molecule has 5 nitrogen and oxygen atoms in total. The number of carbonyl (C=O) groups excluding carboxylic acids is 1. The SMILES string of the molecule is CC(C)n1[nH]c(=O)c2c1NC(=O)CS[C@H]2c1c(F)cccc1Cl. The van der Waals surface area contributed by atoms with E-state index in [9.17, 15) is 14.0 Å². The maximum atomic E-state index is 14.3. The van der Waals surface area contributed by atoms with Gasteiger partial charge in [0, 0.05) is 16.6 Å². The molecular weight excluding hydrogens is 341 g/mol. The lowest BCUT2D eigenvalue weighted by molar-refractivity contribution is -0.113. The normalized spacial score (nSPS) is 17.8. The van der Waals surface area contributed by atoms with E-state index >= 15 is 0 Å². The van der Waals surface area contributed by atoms with Gasteiger partial charge in [0.05, 0.1) is 16.6 Å². The van der Waals surface area contributed by atoms with E-state index in [2.05, 4.69) is 10.4 Å². The van der Waals surface area contributed by atoms with Crippen molar-refractivity contribution in [1.29, 1.82) is 0 Å². The van der Waals surface area contributed by atoms with Crippen molar-refractivity contribution in [2.24, 2.45) is 0 Å². The first-order chi connectivity index (χ1) is 10.9. The van der Waals surface area contributed by atoms with Crippen LogP contribution in [0.1, 0.15) is 36.3 Å². The molecule has 0 saturated carbocycles. The summed E-state index contributed by atoms with van der Waals surface area (Å²) in [6.07, 6.45) is 0. The summed E-state index contributed by atoms with van der Waals surface area (Å²) in [6.45, 7) is 3.76. The Morgan fingerprint density at radius 1 is 1.35 bits per heavy atom. The average Bonchev–Trinajstić information content (AvgIpc) is 2.69. The Morgan fingerprint density at radius 2 is 2.09 bits per heavy atom. The molecule has 1 atom stereocenters. The topological polar surface area (TPSA) is 66.9 Å². The molecule has 1 amide bonds. The van der Waals surface area contributed by atoms with Gasteiger partial charge in [-0.05, 0) is 26.0 Å². The van der Waals surface area contributed by atoms with Gasteiger partial charge in [-0.1, -0.05) is 17.7 Å². The van der Waals surface area contributed by atoms with Crippen LogP contribution in [-0.4, -0.2) is 21.4 Å². The third-order valence-electron chi connectivity index (χ3n) is 3.64. The number of benzene rings is 1. The highest BCUT2D eigenvalue weighted by molar-refractivity contribution is 8.00. The smallest absolute Gasteiger partial charge is 0.270 e. The molecule has 122 valence electrons. The summed E-state index contributed by atoms with van der Waals surface area (Å²) in [5.74, 6) is -0.238. The second-order valence-corrected chi connectivity index (χ2v) is 7.04. The number of halogens is 2. The number of rotatable bonds is 2. The number of anilines is 1. The Kier molecular flexibility index (Phi) is 4.25. The summed E-state index contributed by atoms with van der Waals surface area (Å²) in [6, 6.07) is 4.33. The fourth-order valence-corrected chi connectivity index (χ4v) is 4.14. The lowest BCUT2D eigenvalue weighted by Crippen LogP contribution is -2.17. The molecule has 0 spiro atoms. The predicted molar refractivity (Wildman–Crippen MR) is 89.8 cm³/mol. The molecule has 0 fully saturated rings. The van der Waals surface area contributed by atoms with E-state index in [0.717, 1.165) is 0 Å². The first-order valence-electron chi connectivity index (χ1n) is 7.10. The molecule has 2 aromatic rings. The first kappa shape index (κ1) is 16.1. The summed E-state index contributed by atoms with van der Waals surface area (Å²) in [4.78, 5) is 24.4. The van der Waals surface area contributed by atoms with Crippen LogP contribution in [0.3, 0.4) is 0 Å². The van der Waals surface area contributed by atoms with Crippen molar-refractivity contribution in [2.45, 2.75) is 25.1 Å². The Bertz CT molecular complexity index is 810. The summed E-state index contributed by atoms with van der Waals surface area (Å²) >= 11 is 7.35. The molecule has 1 aliphatic rings. The van der Waals surface area contributed by atoms with E-state index in [1.54, 1.807) is 10.7 Å². The Balaban J connectivity index is 2.26. The Labute approximate surface area is 141 Å². The van der Waals surface area contributed by atoms with Crippen molar-refractivity contribution < 1.29 is 9.18 Å². The van der Waals surface area contributed by atoms with Gasteiger partial charge in [0.2, 0.25) is 5.91 Å². The fraction of sp³-hybridized carbons (Fsp3) is 0.333. The molecule has 3 rings (SSSR count). The maximum Gasteiger partial charge on any atom is 0.270 e. The molecule has 1 aromatic carbocycles.